The van der Waals surface area contributed by atoms with Gasteiger partial charge in [-0.15, -0.1) is 0 Å². The van der Waals surface area contributed by atoms with E-state index >= 15 is 0 Å². The fourth-order valence-corrected chi connectivity index (χ4v) is 4.72. The lowest BCUT2D eigenvalue weighted by molar-refractivity contribution is -0.147. The first-order chi connectivity index (χ1) is 12.1. The highest BCUT2D eigenvalue weighted by Crippen LogP contribution is 2.31. The van der Waals surface area contributed by atoms with Crippen LogP contribution in [0.2, 0.25) is 0 Å². The van der Waals surface area contributed by atoms with Crippen LogP contribution in [0.3, 0.4) is 0 Å². The van der Waals surface area contributed by atoms with Gasteiger partial charge in [0.15, 0.2) is 0 Å². The van der Waals surface area contributed by atoms with Crippen LogP contribution in [0.1, 0.15) is 111 Å². The number of amides is 1. The van der Waals surface area contributed by atoms with Crippen LogP contribution in [0.25, 0.3) is 0 Å². The molecule has 3 heteroatoms. The number of hydrogen-bond acceptors (Lipinski definition) is 2. The molecule has 2 aliphatic rings. The van der Waals surface area contributed by atoms with E-state index in [2.05, 4.69) is 31.0 Å². The lowest BCUT2D eigenvalue weighted by atomic mass is 9.83. The Morgan fingerprint density at radius 2 is 1.48 bits per heavy atom. The van der Waals surface area contributed by atoms with Gasteiger partial charge in [-0.2, -0.15) is 0 Å². The van der Waals surface area contributed by atoms with Crippen LogP contribution < -0.4 is 5.32 Å². The first kappa shape index (κ1) is 20.7. The van der Waals surface area contributed by atoms with Gasteiger partial charge in [-0.05, 0) is 33.1 Å². The monoisotopic (exact) mass is 350 g/mol. The van der Waals surface area contributed by atoms with Gasteiger partial charge in [-0.1, -0.05) is 77.6 Å². The molecule has 1 amide bonds. The summed E-state index contributed by atoms with van der Waals surface area (Å²) in [6, 6.07) is 0.970. The topological polar surface area (TPSA) is 32.3 Å². The van der Waals surface area contributed by atoms with Crippen molar-refractivity contribution in [3.63, 3.8) is 0 Å². The summed E-state index contributed by atoms with van der Waals surface area (Å²) in [6.07, 6.45) is 18.6. The molecule has 1 saturated heterocycles. The van der Waals surface area contributed by atoms with Crippen LogP contribution in [0.5, 0.6) is 0 Å². The van der Waals surface area contributed by atoms with E-state index in [9.17, 15) is 4.79 Å². The molecule has 0 radical (unpaired) electrons. The van der Waals surface area contributed by atoms with E-state index in [4.69, 9.17) is 0 Å². The van der Waals surface area contributed by atoms with Gasteiger partial charge in [-0.3, -0.25) is 10.1 Å². The van der Waals surface area contributed by atoms with Gasteiger partial charge < -0.3 is 4.90 Å². The van der Waals surface area contributed by atoms with Gasteiger partial charge in [0.25, 0.3) is 0 Å². The number of nitrogens with one attached hydrogen (secondary N) is 1. The van der Waals surface area contributed by atoms with E-state index in [1.54, 1.807) is 0 Å². The first-order valence-electron chi connectivity index (χ1n) is 11.1. The third kappa shape index (κ3) is 6.27. The van der Waals surface area contributed by atoms with Crippen molar-refractivity contribution >= 4 is 5.91 Å². The number of hydrogen-bond donors (Lipinski definition) is 1. The van der Waals surface area contributed by atoms with Crippen LogP contribution in [-0.2, 0) is 4.79 Å². The number of unbranched alkanes of at least 4 members (excludes halogenated alkanes) is 9. The average molecular weight is 351 g/mol. The van der Waals surface area contributed by atoms with Crippen LogP contribution >= 0.6 is 0 Å². The molecule has 1 N–H and O–H groups in total. The standard InChI is InChI=1S/C22H42N2O/c1-4-5-6-7-8-9-10-11-12-15-18-24-20-17-14-13-16-19(20)23-22(2,3)21(24)25/h19-20,23H,4-18H2,1-3H3. The SMILES string of the molecule is CCCCCCCCCCCCN1C(=O)C(C)(C)NC2CCCCC21. The summed E-state index contributed by atoms with van der Waals surface area (Å²) in [5.74, 6) is 0.326. The van der Waals surface area contributed by atoms with E-state index in [1.807, 2.05) is 0 Å². The Bertz CT molecular complexity index is 393. The molecule has 25 heavy (non-hydrogen) atoms. The zero-order valence-electron chi connectivity index (χ0n) is 17.1. The van der Waals surface area contributed by atoms with Crippen molar-refractivity contribution in [3.8, 4) is 0 Å². The largest absolute Gasteiger partial charge is 0.337 e. The minimum Gasteiger partial charge on any atom is -0.337 e. The fourth-order valence-electron chi connectivity index (χ4n) is 4.72. The van der Waals surface area contributed by atoms with Crippen molar-refractivity contribution in [2.75, 3.05) is 6.54 Å². The number of nitrogens with zero attached hydrogens (tertiary/aromatic N) is 1. The second kappa shape index (κ2) is 10.5. The Labute approximate surface area is 156 Å². The van der Waals surface area contributed by atoms with Gasteiger partial charge in [0.2, 0.25) is 5.91 Å². The lowest BCUT2D eigenvalue weighted by Gasteiger charge is -2.50. The Morgan fingerprint density at radius 1 is 0.920 bits per heavy atom. The predicted octanol–water partition coefficient (Wildman–Crippen LogP) is 5.43. The molecule has 0 spiro atoms. The molecule has 1 heterocycles. The molecule has 1 saturated carbocycles. The van der Waals surface area contributed by atoms with Crippen LogP contribution in [0.15, 0.2) is 0 Å². The van der Waals surface area contributed by atoms with Crippen molar-refractivity contribution in [2.24, 2.45) is 0 Å². The smallest absolute Gasteiger partial charge is 0.242 e. The Kier molecular flexibility index (Phi) is 8.75. The van der Waals surface area contributed by atoms with E-state index in [-0.39, 0.29) is 5.54 Å². The van der Waals surface area contributed by atoms with Crippen molar-refractivity contribution < 1.29 is 4.79 Å². The highest BCUT2D eigenvalue weighted by molar-refractivity contribution is 5.86. The maximum absolute atomic E-state index is 12.9. The third-order valence-electron chi connectivity index (χ3n) is 6.22. The number of piperazine rings is 1. The van der Waals surface area contributed by atoms with Crippen molar-refractivity contribution in [3.05, 3.63) is 0 Å². The molecule has 2 rings (SSSR count). The summed E-state index contributed by atoms with van der Waals surface area (Å²) in [6.45, 7) is 7.37. The van der Waals surface area contributed by atoms with Crippen LogP contribution in [0.4, 0.5) is 0 Å². The summed E-state index contributed by atoms with van der Waals surface area (Å²) < 4.78 is 0. The number of rotatable bonds is 11. The highest BCUT2D eigenvalue weighted by atomic mass is 16.2. The molecule has 1 aliphatic carbocycles. The molecule has 0 aromatic carbocycles. The average Bonchev–Trinajstić information content (AvgIpc) is 2.59. The Hall–Kier alpha value is -0.570. The van der Waals surface area contributed by atoms with Crippen molar-refractivity contribution in [2.45, 2.75) is 128 Å². The molecule has 3 nitrogen and oxygen atoms in total. The number of carbonyl (C=O) groups is 1. The molecule has 2 atom stereocenters. The van der Waals surface area contributed by atoms with Gasteiger partial charge in [0.05, 0.1) is 5.54 Å². The maximum atomic E-state index is 12.9. The second-order valence-corrected chi connectivity index (χ2v) is 8.91. The summed E-state index contributed by atoms with van der Waals surface area (Å²) in [7, 11) is 0. The fraction of sp³-hybridized carbons (Fsp3) is 0.955. The highest BCUT2D eigenvalue weighted by Gasteiger charge is 2.45. The summed E-state index contributed by atoms with van der Waals surface area (Å²) in [5, 5.41) is 3.62. The normalized spacial score (nSPS) is 25.9. The number of carbonyl (C=O) groups excluding carboxylic acids is 1. The quantitative estimate of drug-likeness (QED) is 0.504. The number of fused-ring (bicyclic) bond motifs is 1. The van der Waals surface area contributed by atoms with Crippen LogP contribution in [-0.4, -0.2) is 35.0 Å². The predicted molar refractivity (Wildman–Crippen MR) is 107 cm³/mol. The zero-order chi connectivity index (χ0) is 18.1. The Morgan fingerprint density at radius 3 is 2.12 bits per heavy atom. The minimum atomic E-state index is -0.378. The molecule has 2 unspecified atom stereocenters. The molecule has 2 fully saturated rings. The van der Waals surface area contributed by atoms with E-state index in [0.717, 1.165) is 6.54 Å². The molecular formula is C22H42N2O. The van der Waals surface area contributed by atoms with Gasteiger partial charge in [-0.25, -0.2) is 0 Å². The molecule has 146 valence electrons. The molecule has 0 aromatic rings. The molecule has 1 aliphatic heterocycles. The van der Waals surface area contributed by atoms with E-state index < -0.39 is 0 Å². The second-order valence-electron chi connectivity index (χ2n) is 8.91. The molecule has 0 bridgehead atoms. The third-order valence-corrected chi connectivity index (χ3v) is 6.22. The van der Waals surface area contributed by atoms with Crippen LogP contribution in [0, 0.1) is 0 Å². The maximum Gasteiger partial charge on any atom is 0.242 e. The zero-order valence-corrected chi connectivity index (χ0v) is 17.1. The Balaban J connectivity index is 1.64. The summed E-state index contributed by atoms with van der Waals surface area (Å²) >= 11 is 0. The molecule has 0 aromatic heterocycles. The van der Waals surface area contributed by atoms with Gasteiger partial charge >= 0.3 is 0 Å². The van der Waals surface area contributed by atoms with Gasteiger partial charge in [0, 0.05) is 18.6 Å². The van der Waals surface area contributed by atoms with E-state index in [0.29, 0.717) is 18.0 Å². The lowest BCUT2D eigenvalue weighted by Crippen LogP contribution is -2.70. The minimum absolute atomic E-state index is 0.326. The summed E-state index contributed by atoms with van der Waals surface area (Å²) in [4.78, 5) is 15.1. The van der Waals surface area contributed by atoms with Crippen molar-refractivity contribution in [1.29, 1.82) is 0 Å². The molecular weight excluding hydrogens is 308 g/mol. The van der Waals surface area contributed by atoms with Gasteiger partial charge in [0.1, 0.15) is 0 Å². The first-order valence-corrected chi connectivity index (χ1v) is 11.1. The summed E-state index contributed by atoms with van der Waals surface area (Å²) in [5.41, 5.74) is -0.378. The van der Waals surface area contributed by atoms with E-state index in [1.165, 1.54) is 89.9 Å². The van der Waals surface area contributed by atoms with Crippen molar-refractivity contribution in [1.82, 2.24) is 10.2 Å².